The third-order valence-corrected chi connectivity index (χ3v) is 4.25. The average molecular weight is 342 g/mol. The Hall–Kier alpha value is -3.08. The number of nitrogens with two attached hydrogens (primary N) is 1. The van der Waals surface area contributed by atoms with Crippen LogP contribution in [0.1, 0.15) is 5.69 Å². The van der Waals surface area contributed by atoms with Crippen LogP contribution in [0.5, 0.6) is 0 Å². The molecule has 1 aliphatic rings. The van der Waals surface area contributed by atoms with E-state index in [2.05, 4.69) is 10.00 Å². The Balaban J connectivity index is 1.58. The summed E-state index contributed by atoms with van der Waals surface area (Å²) >= 11 is 0. The van der Waals surface area contributed by atoms with Crippen LogP contribution < -0.4 is 10.6 Å². The van der Waals surface area contributed by atoms with E-state index in [1.807, 2.05) is 6.07 Å². The minimum Gasteiger partial charge on any atom is -0.382 e. The normalized spacial score (nSPS) is 14.4. The predicted octanol–water partition coefficient (Wildman–Crippen LogP) is 1.02. The van der Waals surface area contributed by atoms with Gasteiger partial charge in [0.1, 0.15) is 18.2 Å². The molecule has 1 amide bonds. The van der Waals surface area contributed by atoms with Gasteiger partial charge in [-0.1, -0.05) is 0 Å². The maximum atomic E-state index is 13.0. The van der Waals surface area contributed by atoms with Gasteiger partial charge in [-0.05, 0) is 24.3 Å². The van der Waals surface area contributed by atoms with Gasteiger partial charge in [-0.2, -0.15) is 10.4 Å². The SMILES string of the molecule is N#CCc1cc(N)nn1CC(=O)N1CCN(c2ccc(F)cc2)CC1. The van der Waals surface area contributed by atoms with Crippen molar-refractivity contribution in [3.05, 3.63) is 41.8 Å². The van der Waals surface area contributed by atoms with Crippen molar-refractivity contribution < 1.29 is 9.18 Å². The molecule has 0 bridgehead atoms. The summed E-state index contributed by atoms with van der Waals surface area (Å²) in [5, 5.41) is 12.9. The van der Waals surface area contributed by atoms with Crippen LogP contribution >= 0.6 is 0 Å². The van der Waals surface area contributed by atoms with Gasteiger partial charge >= 0.3 is 0 Å². The van der Waals surface area contributed by atoms with Crippen molar-refractivity contribution in [3.8, 4) is 6.07 Å². The first-order chi connectivity index (χ1) is 12.1. The first-order valence-electron chi connectivity index (χ1n) is 8.04. The molecular formula is C17H19FN6O. The minimum absolute atomic E-state index is 0.0546. The molecule has 8 heteroatoms. The van der Waals surface area contributed by atoms with E-state index in [0.29, 0.717) is 37.7 Å². The second kappa shape index (κ2) is 7.21. The molecule has 2 aromatic rings. The van der Waals surface area contributed by atoms with Gasteiger partial charge in [-0.15, -0.1) is 0 Å². The highest BCUT2D eigenvalue weighted by Crippen LogP contribution is 2.17. The van der Waals surface area contributed by atoms with Crippen molar-refractivity contribution in [1.82, 2.24) is 14.7 Å². The Morgan fingerprint density at radius 3 is 2.56 bits per heavy atom. The molecule has 130 valence electrons. The summed E-state index contributed by atoms with van der Waals surface area (Å²) in [6.45, 7) is 2.61. The van der Waals surface area contributed by atoms with Crippen LogP contribution in [0, 0.1) is 17.1 Å². The molecule has 1 aromatic heterocycles. The lowest BCUT2D eigenvalue weighted by atomic mass is 10.2. The van der Waals surface area contributed by atoms with Gasteiger partial charge in [0.25, 0.3) is 0 Å². The molecule has 0 saturated carbocycles. The van der Waals surface area contributed by atoms with E-state index >= 15 is 0 Å². The highest BCUT2D eigenvalue weighted by Gasteiger charge is 2.22. The summed E-state index contributed by atoms with van der Waals surface area (Å²) in [6, 6.07) is 10.0. The number of hydrogen-bond acceptors (Lipinski definition) is 5. The van der Waals surface area contributed by atoms with Crippen molar-refractivity contribution in [2.75, 3.05) is 36.8 Å². The number of carbonyl (C=O) groups is 1. The van der Waals surface area contributed by atoms with Gasteiger partial charge in [0, 0.05) is 37.9 Å². The molecule has 7 nitrogen and oxygen atoms in total. The molecule has 1 aliphatic heterocycles. The van der Waals surface area contributed by atoms with Crippen LogP contribution in [0.2, 0.25) is 0 Å². The molecule has 0 spiro atoms. The Labute approximate surface area is 145 Å². The maximum absolute atomic E-state index is 13.0. The van der Waals surface area contributed by atoms with Crippen LogP contribution in [-0.2, 0) is 17.8 Å². The van der Waals surface area contributed by atoms with Gasteiger partial charge in [0.2, 0.25) is 5.91 Å². The van der Waals surface area contributed by atoms with Crippen LogP contribution in [0.4, 0.5) is 15.9 Å². The molecule has 3 rings (SSSR count). The third kappa shape index (κ3) is 3.88. The number of hydrogen-bond donors (Lipinski definition) is 1. The van der Waals surface area contributed by atoms with Crippen molar-refractivity contribution in [3.63, 3.8) is 0 Å². The van der Waals surface area contributed by atoms with E-state index in [9.17, 15) is 9.18 Å². The summed E-state index contributed by atoms with van der Waals surface area (Å²) in [5.41, 5.74) is 7.24. The summed E-state index contributed by atoms with van der Waals surface area (Å²) in [5.74, 6) is -0.00976. The lowest BCUT2D eigenvalue weighted by molar-refractivity contribution is -0.132. The van der Waals surface area contributed by atoms with Crippen molar-refractivity contribution >= 4 is 17.4 Å². The van der Waals surface area contributed by atoms with Crippen molar-refractivity contribution in [1.29, 1.82) is 5.26 Å². The third-order valence-electron chi connectivity index (χ3n) is 4.25. The predicted molar refractivity (Wildman–Crippen MR) is 91.1 cm³/mol. The van der Waals surface area contributed by atoms with Gasteiger partial charge < -0.3 is 15.5 Å². The number of benzene rings is 1. The van der Waals surface area contributed by atoms with E-state index in [-0.39, 0.29) is 24.7 Å². The van der Waals surface area contributed by atoms with Gasteiger partial charge in [-0.3, -0.25) is 9.48 Å². The molecule has 1 saturated heterocycles. The van der Waals surface area contributed by atoms with Gasteiger partial charge in [0.15, 0.2) is 0 Å². The summed E-state index contributed by atoms with van der Waals surface area (Å²) < 4.78 is 14.5. The molecular weight excluding hydrogens is 323 g/mol. The number of nitriles is 1. The lowest BCUT2D eigenvalue weighted by Gasteiger charge is -2.36. The number of amides is 1. The largest absolute Gasteiger partial charge is 0.382 e. The number of rotatable bonds is 4. The second-order valence-electron chi connectivity index (χ2n) is 5.90. The van der Waals surface area contributed by atoms with E-state index in [0.717, 1.165) is 5.69 Å². The average Bonchev–Trinajstić information content (AvgIpc) is 2.95. The van der Waals surface area contributed by atoms with Gasteiger partial charge in [-0.25, -0.2) is 4.39 Å². The van der Waals surface area contributed by atoms with Crippen molar-refractivity contribution in [2.24, 2.45) is 0 Å². The fourth-order valence-electron chi connectivity index (χ4n) is 2.93. The number of halogens is 1. The zero-order valence-electron chi connectivity index (χ0n) is 13.7. The monoisotopic (exact) mass is 342 g/mol. The number of aromatic nitrogens is 2. The Morgan fingerprint density at radius 1 is 1.24 bits per heavy atom. The summed E-state index contributed by atoms with van der Waals surface area (Å²) in [7, 11) is 0. The zero-order chi connectivity index (χ0) is 17.8. The standard InChI is InChI=1S/C17H19FN6O/c18-13-1-3-14(4-2-13)22-7-9-23(10-8-22)17(25)12-24-15(5-6-19)11-16(20)21-24/h1-4,11H,5,7-10,12H2,(H2,20,21). The lowest BCUT2D eigenvalue weighted by Crippen LogP contribution is -2.49. The number of anilines is 2. The molecule has 0 radical (unpaired) electrons. The molecule has 0 aliphatic carbocycles. The first kappa shape index (κ1) is 16.8. The summed E-state index contributed by atoms with van der Waals surface area (Å²) in [4.78, 5) is 16.4. The number of nitrogen functional groups attached to an aromatic ring is 1. The Kier molecular flexibility index (Phi) is 4.84. The van der Waals surface area contributed by atoms with E-state index < -0.39 is 0 Å². The van der Waals surface area contributed by atoms with E-state index in [4.69, 9.17) is 11.0 Å². The fourth-order valence-corrected chi connectivity index (χ4v) is 2.93. The number of carbonyl (C=O) groups excluding carboxylic acids is 1. The molecule has 25 heavy (non-hydrogen) atoms. The van der Waals surface area contributed by atoms with Crippen molar-refractivity contribution in [2.45, 2.75) is 13.0 Å². The summed E-state index contributed by atoms with van der Waals surface area (Å²) in [6.07, 6.45) is 0.163. The number of nitrogens with zero attached hydrogens (tertiary/aromatic N) is 5. The molecule has 2 heterocycles. The maximum Gasteiger partial charge on any atom is 0.244 e. The number of piperazine rings is 1. The zero-order valence-corrected chi connectivity index (χ0v) is 13.7. The second-order valence-corrected chi connectivity index (χ2v) is 5.90. The van der Waals surface area contributed by atoms with Crippen LogP contribution in [0.15, 0.2) is 30.3 Å². The fraction of sp³-hybridized carbons (Fsp3) is 0.353. The van der Waals surface area contributed by atoms with Crippen LogP contribution in [0.3, 0.4) is 0 Å². The van der Waals surface area contributed by atoms with Crippen LogP contribution in [-0.4, -0.2) is 46.8 Å². The highest BCUT2D eigenvalue weighted by atomic mass is 19.1. The quantitative estimate of drug-likeness (QED) is 0.896. The molecule has 1 fully saturated rings. The molecule has 2 N–H and O–H groups in total. The minimum atomic E-state index is -0.260. The highest BCUT2D eigenvalue weighted by molar-refractivity contribution is 5.76. The van der Waals surface area contributed by atoms with E-state index in [1.54, 1.807) is 23.1 Å². The molecule has 1 aromatic carbocycles. The molecule has 0 atom stereocenters. The topological polar surface area (TPSA) is 91.2 Å². The smallest absolute Gasteiger partial charge is 0.244 e. The Morgan fingerprint density at radius 2 is 1.92 bits per heavy atom. The van der Waals surface area contributed by atoms with E-state index in [1.165, 1.54) is 16.8 Å². The molecule has 0 unspecified atom stereocenters. The Bertz CT molecular complexity index is 786. The van der Waals surface area contributed by atoms with Gasteiger partial charge in [0.05, 0.1) is 18.2 Å². The van der Waals surface area contributed by atoms with Crippen LogP contribution in [0.25, 0.3) is 0 Å². The first-order valence-corrected chi connectivity index (χ1v) is 8.04.